The summed E-state index contributed by atoms with van der Waals surface area (Å²) in [6.07, 6.45) is 6.34. The minimum absolute atomic E-state index is 0.885. The van der Waals surface area contributed by atoms with E-state index in [1.54, 1.807) is 12.2 Å². The third kappa shape index (κ3) is 3.49. The third-order valence-electron chi connectivity index (χ3n) is 2.54. The van der Waals surface area contributed by atoms with E-state index in [9.17, 15) is 0 Å². The predicted molar refractivity (Wildman–Crippen MR) is 76.5 cm³/mol. The van der Waals surface area contributed by atoms with Crippen LogP contribution in [0.4, 0.5) is 0 Å². The van der Waals surface area contributed by atoms with Crippen molar-refractivity contribution in [3.05, 3.63) is 79.1 Å². The van der Waals surface area contributed by atoms with Crippen LogP contribution in [0.3, 0.4) is 0 Å². The van der Waals surface area contributed by atoms with Crippen molar-refractivity contribution in [2.45, 2.75) is 13.3 Å². The number of benzene rings is 1. The second-order valence-corrected chi connectivity index (χ2v) is 3.68. The maximum Gasteiger partial charge on any atom is 0.0387 e. The lowest BCUT2D eigenvalue weighted by molar-refractivity contribution is 1.09. The first-order valence-corrected chi connectivity index (χ1v) is 5.72. The molecule has 0 aliphatic carbocycles. The molecule has 1 heteroatoms. The van der Waals surface area contributed by atoms with Gasteiger partial charge < -0.3 is 5.32 Å². The maximum absolute atomic E-state index is 4.07. The standard InChI is InChI=1S/C16H19N/c1-5-10-15(7-3)17-13(4)16-12-9-8-11-14(16)6-2/h5,7-12,17H,1,3-4,6H2,2H3/b15-10+. The van der Waals surface area contributed by atoms with Crippen LogP contribution < -0.4 is 5.32 Å². The van der Waals surface area contributed by atoms with Gasteiger partial charge in [-0.3, -0.25) is 0 Å². The van der Waals surface area contributed by atoms with E-state index in [-0.39, 0.29) is 0 Å². The van der Waals surface area contributed by atoms with Gasteiger partial charge in [0.2, 0.25) is 0 Å². The molecule has 0 radical (unpaired) electrons. The normalized spacial score (nSPS) is 10.8. The van der Waals surface area contributed by atoms with Crippen LogP contribution >= 0.6 is 0 Å². The molecular formula is C16H19N. The lowest BCUT2D eigenvalue weighted by Gasteiger charge is -2.13. The Balaban J connectivity index is 2.93. The van der Waals surface area contributed by atoms with Crippen molar-refractivity contribution in [1.29, 1.82) is 0 Å². The van der Waals surface area contributed by atoms with E-state index in [1.165, 1.54) is 5.56 Å². The topological polar surface area (TPSA) is 12.0 Å². The minimum atomic E-state index is 0.885. The predicted octanol–water partition coefficient (Wildman–Crippen LogP) is 4.07. The largest absolute Gasteiger partial charge is 0.356 e. The number of allylic oxidation sites excluding steroid dienone is 3. The molecule has 1 rings (SSSR count). The van der Waals surface area contributed by atoms with Gasteiger partial charge in [-0.1, -0.05) is 57.0 Å². The fourth-order valence-corrected chi connectivity index (χ4v) is 1.65. The fraction of sp³-hybridized carbons (Fsp3) is 0.125. The Hall–Kier alpha value is -2.02. The van der Waals surface area contributed by atoms with Crippen LogP contribution in [0.15, 0.2) is 67.9 Å². The van der Waals surface area contributed by atoms with E-state index in [1.807, 2.05) is 18.2 Å². The summed E-state index contributed by atoms with van der Waals surface area (Å²) in [5, 5.41) is 3.24. The second-order valence-electron chi connectivity index (χ2n) is 3.68. The van der Waals surface area contributed by atoms with Crippen LogP contribution in [0, 0.1) is 0 Å². The summed E-state index contributed by atoms with van der Waals surface area (Å²) in [5.41, 5.74) is 4.21. The number of rotatable bonds is 6. The molecule has 1 nitrogen and oxygen atoms in total. The van der Waals surface area contributed by atoms with Crippen LogP contribution in [0.25, 0.3) is 5.70 Å². The molecule has 88 valence electrons. The highest BCUT2D eigenvalue weighted by Crippen LogP contribution is 2.17. The SMILES string of the molecule is C=C/C=C(\C=C)NC(=C)c1ccccc1CC. The molecule has 0 heterocycles. The Morgan fingerprint density at radius 3 is 2.59 bits per heavy atom. The molecule has 0 spiro atoms. The van der Waals surface area contributed by atoms with Gasteiger partial charge in [-0.25, -0.2) is 0 Å². The van der Waals surface area contributed by atoms with Gasteiger partial charge in [-0.05, 0) is 24.1 Å². The van der Waals surface area contributed by atoms with Crippen molar-refractivity contribution >= 4 is 5.70 Å². The number of hydrogen-bond acceptors (Lipinski definition) is 1. The molecule has 0 aliphatic heterocycles. The molecule has 0 bridgehead atoms. The molecule has 0 aliphatic rings. The summed E-state index contributed by atoms with van der Waals surface area (Å²) in [4.78, 5) is 0. The van der Waals surface area contributed by atoms with Gasteiger partial charge >= 0.3 is 0 Å². The Morgan fingerprint density at radius 1 is 1.29 bits per heavy atom. The fourth-order valence-electron chi connectivity index (χ4n) is 1.65. The van der Waals surface area contributed by atoms with Gasteiger partial charge in [0.15, 0.2) is 0 Å². The third-order valence-corrected chi connectivity index (χ3v) is 2.54. The second kappa shape index (κ2) is 6.54. The van der Waals surface area contributed by atoms with Gasteiger partial charge in [-0.2, -0.15) is 0 Å². The van der Waals surface area contributed by atoms with Gasteiger partial charge in [0.25, 0.3) is 0 Å². The van der Waals surface area contributed by atoms with E-state index in [0.717, 1.165) is 23.4 Å². The number of hydrogen-bond donors (Lipinski definition) is 1. The molecule has 0 aromatic heterocycles. The van der Waals surface area contributed by atoms with Crippen molar-refractivity contribution in [3.63, 3.8) is 0 Å². The molecule has 0 atom stereocenters. The van der Waals surface area contributed by atoms with Gasteiger partial charge in [0.05, 0.1) is 0 Å². The smallest absolute Gasteiger partial charge is 0.0387 e. The molecule has 1 aromatic rings. The molecular weight excluding hydrogens is 206 g/mol. The number of aryl methyl sites for hydroxylation is 1. The molecule has 1 N–H and O–H groups in total. The first-order chi connectivity index (χ1) is 8.22. The Labute approximate surface area is 104 Å². The zero-order chi connectivity index (χ0) is 12.7. The Kier molecular flexibility index (Phi) is 5.02. The van der Waals surface area contributed by atoms with E-state index >= 15 is 0 Å². The van der Waals surface area contributed by atoms with E-state index in [2.05, 4.69) is 44.1 Å². The minimum Gasteiger partial charge on any atom is -0.356 e. The van der Waals surface area contributed by atoms with Crippen molar-refractivity contribution in [2.75, 3.05) is 0 Å². The van der Waals surface area contributed by atoms with Gasteiger partial charge in [0, 0.05) is 17.0 Å². The average Bonchev–Trinajstić information content (AvgIpc) is 2.38. The summed E-state index contributed by atoms with van der Waals surface area (Å²) in [5.74, 6) is 0. The monoisotopic (exact) mass is 225 g/mol. The number of nitrogens with one attached hydrogen (secondary N) is 1. The first-order valence-electron chi connectivity index (χ1n) is 5.72. The summed E-state index contributed by atoms with van der Waals surface area (Å²) >= 11 is 0. The molecule has 0 amide bonds. The summed E-state index contributed by atoms with van der Waals surface area (Å²) in [6.45, 7) is 13.6. The van der Waals surface area contributed by atoms with Crippen LogP contribution in [0.2, 0.25) is 0 Å². The maximum atomic E-state index is 4.07. The van der Waals surface area contributed by atoms with Crippen LogP contribution in [-0.2, 0) is 6.42 Å². The first kappa shape index (κ1) is 13.0. The van der Waals surface area contributed by atoms with Crippen molar-refractivity contribution < 1.29 is 0 Å². The lowest BCUT2D eigenvalue weighted by Crippen LogP contribution is -2.10. The molecule has 0 saturated heterocycles. The summed E-state index contributed by atoms with van der Waals surface area (Å²) < 4.78 is 0. The molecule has 0 unspecified atom stereocenters. The average molecular weight is 225 g/mol. The van der Waals surface area contributed by atoms with Crippen molar-refractivity contribution in [3.8, 4) is 0 Å². The van der Waals surface area contributed by atoms with Crippen LogP contribution in [0.1, 0.15) is 18.1 Å². The molecule has 0 fully saturated rings. The molecule has 0 saturated carbocycles. The van der Waals surface area contributed by atoms with E-state index < -0.39 is 0 Å². The van der Waals surface area contributed by atoms with E-state index in [4.69, 9.17) is 0 Å². The Bertz CT molecular complexity index is 452. The quantitative estimate of drug-likeness (QED) is 0.720. The highest BCUT2D eigenvalue weighted by atomic mass is 14.9. The Morgan fingerprint density at radius 2 is 2.00 bits per heavy atom. The summed E-state index contributed by atoms with van der Waals surface area (Å²) in [7, 11) is 0. The van der Waals surface area contributed by atoms with Crippen molar-refractivity contribution in [1.82, 2.24) is 5.32 Å². The van der Waals surface area contributed by atoms with E-state index in [0.29, 0.717) is 0 Å². The van der Waals surface area contributed by atoms with Gasteiger partial charge in [-0.15, -0.1) is 0 Å². The highest BCUT2D eigenvalue weighted by molar-refractivity contribution is 5.66. The lowest BCUT2D eigenvalue weighted by atomic mass is 10.0. The van der Waals surface area contributed by atoms with Crippen LogP contribution in [-0.4, -0.2) is 0 Å². The molecule has 1 aromatic carbocycles. The van der Waals surface area contributed by atoms with Crippen molar-refractivity contribution in [2.24, 2.45) is 0 Å². The molecule has 17 heavy (non-hydrogen) atoms. The van der Waals surface area contributed by atoms with Gasteiger partial charge in [0.1, 0.15) is 0 Å². The zero-order valence-corrected chi connectivity index (χ0v) is 10.4. The highest BCUT2D eigenvalue weighted by Gasteiger charge is 2.03. The van der Waals surface area contributed by atoms with Crippen LogP contribution in [0.5, 0.6) is 0 Å². The zero-order valence-electron chi connectivity index (χ0n) is 10.4. The summed E-state index contributed by atoms with van der Waals surface area (Å²) in [6, 6.07) is 8.26.